The number of benzene rings is 1. The number of amides is 1. The van der Waals surface area contributed by atoms with Crippen LogP contribution < -0.4 is 9.47 Å². The van der Waals surface area contributed by atoms with Crippen molar-refractivity contribution < 1.29 is 14.3 Å². The number of likely N-dealkylation sites (tertiary alicyclic amines) is 1. The van der Waals surface area contributed by atoms with Crippen LogP contribution in [-0.4, -0.2) is 52.7 Å². The van der Waals surface area contributed by atoms with Crippen molar-refractivity contribution in [2.45, 2.75) is 25.2 Å². The topological polar surface area (TPSA) is 69.0 Å². The highest BCUT2D eigenvalue weighted by atomic mass is 79.9. The molecule has 1 saturated heterocycles. The molecule has 4 rings (SSSR count). The molecule has 1 aliphatic heterocycles. The van der Waals surface area contributed by atoms with E-state index >= 15 is 0 Å². The Labute approximate surface area is 177 Å². The number of nitrogens with zero attached hydrogens (tertiary/aromatic N) is 4. The molecule has 0 aliphatic carbocycles. The first-order valence-electron chi connectivity index (χ1n) is 9.58. The average Bonchev–Trinajstić information content (AvgIpc) is 3.19. The van der Waals surface area contributed by atoms with Gasteiger partial charge < -0.3 is 14.4 Å². The lowest BCUT2D eigenvalue weighted by Crippen LogP contribution is -2.40. The number of pyridine rings is 1. The summed E-state index contributed by atoms with van der Waals surface area (Å²) in [6, 6.07) is 9.56. The fraction of sp³-hybridized carbons (Fsp3) is 0.381. The van der Waals surface area contributed by atoms with E-state index in [1.807, 2.05) is 45.8 Å². The number of carbonyl (C=O) groups excluding carboxylic acids is 1. The Morgan fingerprint density at radius 2 is 2.00 bits per heavy atom. The van der Waals surface area contributed by atoms with Gasteiger partial charge in [-0.15, -0.1) is 10.2 Å². The molecule has 7 nitrogen and oxygen atoms in total. The van der Waals surface area contributed by atoms with Gasteiger partial charge in [0.05, 0.1) is 20.6 Å². The summed E-state index contributed by atoms with van der Waals surface area (Å²) < 4.78 is 13.5. The van der Waals surface area contributed by atoms with Gasteiger partial charge in [0.15, 0.2) is 17.1 Å². The average molecular weight is 459 g/mol. The Morgan fingerprint density at radius 3 is 2.79 bits per heavy atom. The minimum atomic E-state index is 0.0939. The predicted octanol–water partition coefficient (Wildman–Crippen LogP) is 3.46. The number of piperidine rings is 1. The lowest BCUT2D eigenvalue weighted by atomic mass is 9.96. The number of methoxy groups -OCH3 is 2. The number of ether oxygens (including phenoxy) is 2. The molecular weight excluding hydrogens is 436 g/mol. The fourth-order valence-electron chi connectivity index (χ4n) is 3.86. The molecule has 0 saturated carbocycles. The van der Waals surface area contributed by atoms with Crippen LogP contribution in [0.2, 0.25) is 0 Å². The van der Waals surface area contributed by atoms with Crippen LogP contribution in [0.4, 0.5) is 0 Å². The molecule has 0 bridgehead atoms. The van der Waals surface area contributed by atoms with E-state index in [2.05, 4.69) is 26.1 Å². The van der Waals surface area contributed by atoms with E-state index in [1.54, 1.807) is 14.2 Å². The zero-order valence-corrected chi connectivity index (χ0v) is 18.1. The fourth-order valence-corrected chi connectivity index (χ4v) is 4.32. The highest BCUT2D eigenvalue weighted by molar-refractivity contribution is 9.10. The molecule has 0 N–H and O–H groups in total. The lowest BCUT2D eigenvalue weighted by Gasteiger charge is -2.32. The molecule has 8 heteroatoms. The highest BCUT2D eigenvalue weighted by Crippen LogP contribution is 2.34. The first-order chi connectivity index (χ1) is 14.1. The number of aromatic nitrogens is 3. The molecular formula is C21H23BrN4O3. The van der Waals surface area contributed by atoms with Crippen molar-refractivity contribution in [3.63, 3.8) is 0 Å². The van der Waals surface area contributed by atoms with E-state index in [1.165, 1.54) is 0 Å². The standard InChI is InChI=1S/C21H23BrN4O3/c1-28-17-10-15(16(22)12-18(17)29-2)11-20(27)25-8-5-6-14(13-25)21-24-23-19-7-3-4-9-26(19)21/h3-4,7,9-10,12,14H,5-6,8,11,13H2,1-2H3/t14-/m1/s1. The molecule has 1 aromatic carbocycles. The van der Waals surface area contributed by atoms with Crippen LogP contribution in [0.3, 0.4) is 0 Å². The first kappa shape index (κ1) is 19.7. The summed E-state index contributed by atoms with van der Waals surface area (Å²) in [4.78, 5) is 15.0. The van der Waals surface area contributed by atoms with E-state index in [0.29, 0.717) is 24.5 Å². The van der Waals surface area contributed by atoms with Crippen molar-refractivity contribution in [3.05, 3.63) is 52.4 Å². The number of hydrogen-bond donors (Lipinski definition) is 0. The summed E-state index contributed by atoms with van der Waals surface area (Å²) in [5.74, 6) is 2.44. The summed E-state index contributed by atoms with van der Waals surface area (Å²) in [7, 11) is 3.19. The highest BCUT2D eigenvalue weighted by Gasteiger charge is 2.28. The molecule has 3 heterocycles. The predicted molar refractivity (Wildman–Crippen MR) is 112 cm³/mol. The number of halogens is 1. The van der Waals surface area contributed by atoms with Gasteiger partial charge >= 0.3 is 0 Å². The van der Waals surface area contributed by atoms with Gasteiger partial charge in [-0.1, -0.05) is 22.0 Å². The van der Waals surface area contributed by atoms with Gasteiger partial charge in [-0.25, -0.2) is 0 Å². The van der Waals surface area contributed by atoms with Gasteiger partial charge in [-0.2, -0.15) is 0 Å². The third-order valence-corrected chi connectivity index (χ3v) is 6.11. The molecule has 0 unspecified atom stereocenters. The van der Waals surface area contributed by atoms with Crippen LogP contribution in [0.5, 0.6) is 11.5 Å². The molecule has 0 radical (unpaired) electrons. The molecule has 1 aliphatic rings. The molecule has 1 atom stereocenters. The first-order valence-corrected chi connectivity index (χ1v) is 10.4. The third kappa shape index (κ3) is 3.94. The molecule has 152 valence electrons. The monoisotopic (exact) mass is 458 g/mol. The van der Waals surface area contributed by atoms with Crippen LogP contribution in [0, 0.1) is 0 Å². The minimum absolute atomic E-state index is 0.0939. The van der Waals surface area contributed by atoms with Crippen LogP contribution in [0.25, 0.3) is 5.65 Å². The van der Waals surface area contributed by atoms with Crippen molar-refractivity contribution in [1.82, 2.24) is 19.5 Å². The summed E-state index contributed by atoms with van der Waals surface area (Å²) in [6.45, 7) is 1.41. The van der Waals surface area contributed by atoms with Crippen molar-refractivity contribution in [2.75, 3.05) is 27.3 Å². The van der Waals surface area contributed by atoms with Crippen LogP contribution in [-0.2, 0) is 11.2 Å². The van der Waals surface area contributed by atoms with Crippen LogP contribution in [0.15, 0.2) is 41.0 Å². The van der Waals surface area contributed by atoms with Gasteiger partial charge in [-0.3, -0.25) is 9.20 Å². The smallest absolute Gasteiger partial charge is 0.227 e. The largest absolute Gasteiger partial charge is 0.493 e. The SMILES string of the molecule is COc1cc(Br)c(CC(=O)N2CCC[C@@H](c3nnc4ccccn34)C2)cc1OC. The van der Waals surface area contributed by atoms with Gasteiger partial charge in [0.25, 0.3) is 0 Å². The summed E-state index contributed by atoms with van der Waals surface area (Å²) in [6.07, 6.45) is 4.23. The zero-order chi connectivity index (χ0) is 20.4. The second-order valence-electron chi connectivity index (χ2n) is 7.14. The third-order valence-electron chi connectivity index (χ3n) is 5.37. The second kappa shape index (κ2) is 8.41. The Morgan fingerprint density at radius 1 is 1.21 bits per heavy atom. The van der Waals surface area contributed by atoms with E-state index in [0.717, 1.165) is 40.9 Å². The van der Waals surface area contributed by atoms with E-state index in [4.69, 9.17) is 9.47 Å². The molecule has 0 spiro atoms. The maximum Gasteiger partial charge on any atom is 0.227 e. The van der Waals surface area contributed by atoms with Gasteiger partial charge in [0, 0.05) is 29.7 Å². The molecule has 3 aromatic rings. The Bertz CT molecular complexity index is 1040. The zero-order valence-electron chi connectivity index (χ0n) is 16.5. The number of fused-ring (bicyclic) bond motifs is 1. The van der Waals surface area contributed by atoms with Gasteiger partial charge in [-0.05, 0) is 42.7 Å². The number of rotatable bonds is 5. The van der Waals surface area contributed by atoms with Crippen molar-refractivity contribution in [2.24, 2.45) is 0 Å². The number of carbonyl (C=O) groups is 1. The lowest BCUT2D eigenvalue weighted by molar-refractivity contribution is -0.131. The number of hydrogen-bond acceptors (Lipinski definition) is 5. The molecule has 1 fully saturated rings. The summed E-state index contributed by atoms with van der Waals surface area (Å²) in [5.41, 5.74) is 1.71. The van der Waals surface area contributed by atoms with E-state index in [9.17, 15) is 4.79 Å². The van der Waals surface area contributed by atoms with E-state index in [-0.39, 0.29) is 11.8 Å². The molecule has 2 aromatic heterocycles. The summed E-state index contributed by atoms with van der Waals surface area (Å²) >= 11 is 3.55. The normalized spacial score (nSPS) is 16.8. The molecule has 1 amide bonds. The Hall–Kier alpha value is -2.61. The van der Waals surface area contributed by atoms with Crippen LogP contribution in [0.1, 0.15) is 30.1 Å². The van der Waals surface area contributed by atoms with Crippen molar-refractivity contribution >= 4 is 27.5 Å². The second-order valence-corrected chi connectivity index (χ2v) is 8.00. The Kier molecular flexibility index (Phi) is 5.71. The minimum Gasteiger partial charge on any atom is -0.493 e. The van der Waals surface area contributed by atoms with Crippen molar-refractivity contribution in [3.8, 4) is 11.5 Å². The van der Waals surface area contributed by atoms with Gasteiger partial charge in [0.2, 0.25) is 5.91 Å². The van der Waals surface area contributed by atoms with Crippen molar-refractivity contribution in [1.29, 1.82) is 0 Å². The maximum absolute atomic E-state index is 13.0. The van der Waals surface area contributed by atoms with Gasteiger partial charge in [0.1, 0.15) is 5.82 Å². The Balaban J connectivity index is 1.51. The summed E-state index contributed by atoms with van der Waals surface area (Å²) in [5, 5.41) is 8.65. The maximum atomic E-state index is 13.0. The van der Waals surface area contributed by atoms with Crippen LogP contribution >= 0.6 is 15.9 Å². The van der Waals surface area contributed by atoms with E-state index < -0.39 is 0 Å². The quantitative estimate of drug-likeness (QED) is 0.585. The molecule has 29 heavy (non-hydrogen) atoms.